The Hall–Kier alpha value is -2.00. The first-order chi connectivity index (χ1) is 11.2. The molecule has 2 fully saturated rings. The van der Waals surface area contributed by atoms with Gasteiger partial charge in [0, 0.05) is 45.8 Å². The normalized spacial score (nSPS) is 19.3. The summed E-state index contributed by atoms with van der Waals surface area (Å²) < 4.78 is 0. The molecule has 3 heterocycles. The number of hydrogen-bond donors (Lipinski definition) is 1. The smallest absolute Gasteiger partial charge is 0.353 e. The van der Waals surface area contributed by atoms with E-state index in [-0.39, 0.29) is 17.2 Å². The summed E-state index contributed by atoms with van der Waals surface area (Å²) in [5.41, 5.74) is 0.0185. The molecule has 2 saturated heterocycles. The molecule has 2 aliphatic heterocycles. The topological polar surface area (TPSA) is 98.9 Å². The van der Waals surface area contributed by atoms with Crippen LogP contribution < -0.4 is 9.80 Å². The van der Waals surface area contributed by atoms with Crippen molar-refractivity contribution >= 4 is 17.3 Å². The Labute approximate surface area is 134 Å². The van der Waals surface area contributed by atoms with Gasteiger partial charge in [0.1, 0.15) is 6.33 Å². The molecule has 9 heteroatoms. The standard InChI is InChI=1S/C14H22N6O3/c21-10-9-17-5-7-19(8-6-17)14-12(20(22)23)13(15-11-16-14)18-3-1-2-4-18/h11,21H,1-10H2. The van der Waals surface area contributed by atoms with E-state index in [1.807, 2.05) is 9.80 Å². The summed E-state index contributed by atoms with van der Waals surface area (Å²) in [4.78, 5) is 25.7. The molecule has 1 aromatic rings. The van der Waals surface area contributed by atoms with Gasteiger partial charge in [-0.2, -0.15) is 0 Å². The van der Waals surface area contributed by atoms with E-state index in [9.17, 15) is 10.1 Å². The maximum Gasteiger partial charge on any atom is 0.353 e. The predicted molar refractivity (Wildman–Crippen MR) is 85.9 cm³/mol. The third kappa shape index (κ3) is 3.35. The van der Waals surface area contributed by atoms with Crippen molar-refractivity contribution in [3.8, 4) is 0 Å². The molecule has 0 aliphatic carbocycles. The van der Waals surface area contributed by atoms with Crippen LogP contribution in [-0.4, -0.2) is 77.3 Å². The van der Waals surface area contributed by atoms with Crippen LogP contribution in [0.25, 0.3) is 0 Å². The third-order valence-electron chi connectivity index (χ3n) is 4.46. The van der Waals surface area contributed by atoms with Crippen molar-refractivity contribution in [1.29, 1.82) is 0 Å². The molecule has 9 nitrogen and oxygen atoms in total. The average molecular weight is 322 g/mol. The molecule has 0 spiro atoms. The van der Waals surface area contributed by atoms with Crippen molar-refractivity contribution in [3.05, 3.63) is 16.4 Å². The summed E-state index contributed by atoms with van der Waals surface area (Å²) in [7, 11) is 0. The summed E-state index contributed by atoms with van der Waals surface area (Å²) in [5, 5.41) is 20.6. The van der Waals surface area contributed by atoms with E-state index in [0.717, 1.165) is 39.0 Å². The molecule has 23 heavy (non-hydrogen) atoms. The first-order valence-corrected chi connectivity index (χ1v) is 8.03. The molecule has 0 atom stereocenters. The largest absolute Gasteiger partial charge is 0.395 e. The van der Waals surface area contributed by atoms with Crippen LogP contribution in [0.5, 0.6) is 0 Å². The van der Waals surface area contributed by atoms with Crippen LogP contribution in [-0.2, 0) is 0 Å². The van der Waals surface area contributed by atoms with E-state index in [0.29, 0.717) is 31.3 Å². The number of piperazine rings is 1. The SMILES string of the molecule is O=[N+]([O-])c1c(N2CCCC2)ncnc1N1CCN(CCO)CC1. The minimum absolute atomic E-state index is 0.0185. The third-order valence-corrected chi connectivity index (χ3v) is 4.46. The fourth-order valence-corrected chi connectivity index (χ4v) is 3.24. The number of rotatable bonds is 5. The second kappa shape index (κ2) is 7.05. The van der Waals surface area contributed by atoms with Gasteiger partial charge in [0.2, 0.25) is 11.6 Å². The molecule has 3 rings (SSSR count). The molecule has 126 valence electrons. The molecule has 0 amide bonds. The quantitative estimate of drug-likeness (QED) is 0.602. The van der Waals surface area contributed by atoms with E-state index in [1.165, 1.54) is 6.33 Å². The number of aliphatic hydroxyl groups is 1. The van der Waals surface area contributed by atoms with Crippen molar-refractivity contribution in [2.45, 2.75) is 12.8 Å². The molecule has 0 radical (unpaired) electrons. The number of nitrogens with zero attached hydrogens (tertiary/aromatic N) is 6. The van der Waals surface area contributed by atoms with E-state index in [2.05, 4.69) is 14.9 Å². The predicted octanol–water partition coefficient (Wildman–Crippen LogP) is 0.0993. The maximum atomic E-state index is 11.6. The summed E-state index contributed by atoms with van der Waals surface area (Å²) in [5.74, 6) is 0.853. The molecular formula is C14H22N6O3. The zero-order valence-electron chi connectivity index (χ0n) is 13.1. The van der Waals surface area contributed by atoms with Crippen molar-refractivity contribution in [2.24, 2.45) is 0 Å². The zero-order valence-corrected chi connectivity index (χ0v) is 13.1. The van der Waals surface area contributed by atoms with Crippen molar-refractivity contribution in [2.75, 3.05) is 62.2 Å². The maximum absolute atomic E-state index is 11.6. The molecule has 1 aromatic heterocycles. The van der Waals surface area contributed by atoms with E-state index in [1.54, 1.807) is 0 Å². The van der Waals surface area contributed by atoms with Crippen LogP contribution in [0.4, 0.5) is 17.3 Å². The van der Waals surface area contributed by atoms with Gasteiger partial charge < -0.3 is 14.9 Å². The molecule has 0 aromatic carbocycles. The number of nitro groups is 1. The van der Waals surface area contributed by atoms with Gasteiger partial charge in [0.25, 0.3) is 0 Å². The van der Waals surface area contributed by atoms with Crippen molar-refractivity contribution in [1.82, 2.24) is 14.9 Å². The molecule has 0 saturated carbocycles. The Kier molecular flexibility index (Phi) is 4.87. The fourth-order valence-electron chi connectivity index (χ4n) is 3.24. The molecule has 0 unspecified atom stereocenters. The molecular weight excluding hydrogens is 300 g/mol. The van der Waals surface area contributed by atoms with Gasteiger partial charge in [-0.05, 0) is 12.8 Å². The Morgan fingerprint density at radius 3 is 2.13 bits per heavy atom. The second-order valence-electron chi connectivity index (χ2n) is 5.87. The lowest BCUT2D eigenvalue weighted by molar-refractivity contribution is -0.383. The van der Waals surface area contributed by atoms with Crippen LogP contribution in [0.2, 0.25) is 0 Å². The van der Waals surface area contributed by atoms with Crippen LogP contribution >= 0.6 is 0 Å². The number of aromatic nitrogens is 2. The minimum Gasteiger partial charge on any atom is -0.395 e. The second-order valence-corrected chi connectivity index (χ2v) is 5.87. The number of anilines is 2. The van der Waals surface area contributed by atoms with E-state index < -0.39 is 0 Å². The lowest BCUT2D eigenvalue weighted by Gasteiger charge is -2.34. The first-order valence-electron chi connectivity index (χ1n) is 8.03. The van der Waals surface area contributed by atoms with Gasteiger partial charge in [-0.1, -0.05) is 0 Å². The van der Waals surface area contributed by atoms with Crippen LogP contribution in [0.15, 0.2) is 6.33 Å². The lowest BCUT2D eigenvalue weighted by atomic mass is 10.3. The summed E-state index contributed by atoms with van der Waals surface area (Å²) in [6, 6.07) is 0. The van der Waals surface area contributed by atoms with Crippen molar-refractivity contribution < 1.29 is 10.0 Å². The van der Waals surface area contributed by atoms with Gasteiger partial charge in [-0.25, -0.2) is 9.97 Å². The van der Waals surface area contributed by atoms with Gasteiger partial charge in [0.15, 0.2) is 0 Å². The van der Waals surface area contributed by atoms with Gasteiger partial charge >= 0.3 is 5.69 Å². The fraction of sp³-hybridized carbons (Fsp3) is 0.714. The Morgan fingerprint density at radius 2 is 1.61 bits per heavy atom. The van der Waals surface area contributed by atoms with Gasteiger partial charge in [-0.3, -0.25) is 15.0 Å². The molecule has 1 N–H and O–H groups in total. The van der Waals surface area contributed by atoms with E-state index in [4.69, 9.17) is 5.11 Å². The zero-order chi connectivity index (χ0) is 16.2. The average Bonchev–Trinajstić information content (AvgIpc) is 3.09. The Balaban J connectivity index is 1.84. The van der Waals surface area contributed by atoms with E-state index >= 15 is 0 Å². The van der Waals surface area contributed by atoms with Gasteiger partial charge in [0.05, 0.1) is 11.5 Å². The monoisotopic (exact) mass is 322 g/mol. The van der Waals surface area contributed by atoms with Crippen LogP contribution in [0.1, 0.15) is 12.8 Å². The molecule has 2 aliphatic rings. The first kappa shape index (κ1) is 15.9. The minimum atomic E-state index is -0.358. The number of aliphatic hydroxyl groups excluding tert-OH is 1. The molecule has 0 bridgehead atoms. The van der Waals surface area contributed by atoms with Gasteiger partial charge in [-0.15, -0.1) is 0 Å². The highest BCUT2D eigenvalue weighted by atomic mass is 16.6. The summed E-state index contributed by atoms with van der Waals surface area (Å²) >= 11 is 0. The van der Waals surface area contributed by atoms with Crippen LogP contribution in [0.3, 0.4) is 0 Å². The summed E-state index contributed by atoms with van der Waals surface area (Å²) in [6.07, 6.45) is 3.50. The highest BCUT2D eigenvalue weighted by molar-refractivity contribution is 5.71. The van der Waals surface area contributed by atoms with Crippen molar-refractivity contribution in [3.63, 3.8) is 0 Å². The Bertz CT molecular complexity index is 555. The number of β-amino-alcohol motifs (C(OH)–C–C–N with tert-alkyl or cyclic N) is 1. The Morgan fingerprint density at radius 1 is 1.04 bits per heavy atom. The highest BCUT2D eigenvalue weighted by Crippen LogP contribution is 2.35. The lowest BCUT2D eigenvalue weighted by Crippen LogP contribution is -2.47. The van der Waals surface area contributed by atoms with Crippen LogP contribution in [0, 0.1) is 10.1 Å². The number of hydrogen-bond acceptors (Lipinski definition) is 8. The summed E-state index contributed by atoms with van der Waals surface area (Å²) in [6.45, 7) is 5.24. The highest BCUT2D eigenvalue weighted by Gasteiger charge is 2.32.